The molecule has 3 N–H and O–H groups in total. The largest absolute Gasteiger partial charge is 0.390 e. The quantitative estimate of drug-likeness (QED) is 0.499. The summed E-state index contributed by atoms with van der Waals surface area (Å²) in [5.74, 6) is -7.38. The molecule has 0 saturated heterocycles. The molecule has 9 heteroatoms. The highest BCUT2D eigenvalue weighted by Gasteiger charge is 2.50. The lowest BCUT2D eigenvalue weighted by Gasteiger charge is -2.33. The second-order valence-electron chi connectivity index (χ2n) is 4.11. The van der Waals surface area contributed by atoms with Gasteiger partial charge in [0.25, 0.3) is 11.6 Å². The van der Waals surface area contributed by atoms with Crippen LogP contribution in [-0.2, 0) is 5.54 Å². The van der Waals surface area contributed by atoms with Crippen LogP contribution in [0.2, 0.25) is 0 Å². The van der Waals surface area contributed by atoms with Gasteiger partial charge in [0.05, 0.1) is 11.0 Å². The number of nitrogens with zero attached hydrogens (tertiary/aromatic N) is 1. The van der Waals surface area contributed by atoms with Crippen LogP contribution in [0.3, 0.4) is 0 Å². The molecular formula is C10H10F4N2O3. The van der Waals surface area contributed by atoms with E-state index in [1.807, 2.05) is 0 Å². The van der Waals surface area contributed by atoms with Crippen molar-refractivity contribution in [3.8, 4) is 0 Å². The van der Waals surface area contributed by atoms with Crippen LogP contribution in [0.15, 0.2) is 12.1 Å². The molecule has 0 amide bonds. The predicted octanol–water partition coefficient (Wildman–Crippen LogP) is 1.67. The van der Waals surface area contributed by atoms with E-state index < -0.39 is 45.9 Å². The van der Waals surface area contributed by atoms with E-state index in [1.165, 1.54) is 0 Å². The van der Waals surface area contributed by atoms with Crippen molar-refractivity contribution in [3.63, 3.8) is 0 Å². The minimum absolute atomic E-state index is 0.256. The number of nitrogens with two attached hydrogens (primary N) is 1. The number of hydrogen-bond donors (Lipinski definition) is 2. The minimum atomic E-state index is -3.99. The molecule has 0 heterocycles. The maximum absolute atomic E-state index is 13.5. The molecular weight excluding hydrogens is 272 g/mol. The zero-order valence-corrected chi connectivity index (χ0v) is 9.66. The molecule has 0 aliphatic rings. The highest BCUT2D eigenvalue weighted by atomic mass is 19.3. The minimum Gasteiger partial charge on any atom is -0.390 e. The number of benzene rings is 1. The second-order valence-corrected chi connectivity index (χ2v) is 4.11. The van der Waals surface area contributed by atoms with Crippen LogP contribution in [0.4, 0.5) is 23.2 Å². The second kappa shape index (κ2) is 4.74. The van der Waals surface area contributed by atoms with Gasteiger partial charge in [-0.3, -0.25) is 10.1 Å². The summed E-state index contributed by atoms with van der Waals surface area (Å²) < 4.78 is 53.5. The van der Waals surface area contributed by atoms with Crippen LogP contribution in [0.1, 0.15) is 12.5 Å². The standard InChI is InChI=1S/C10H10F4N2O3/c1-9(15,10(13,14)4-17)6-2-5(16(18)19)3-7(11)8(6)12/h2-3,17H,4,15H2,1H3/t9-/m1/s1. The van der Waals surface area contributed by atoms with Crippen molar-refractivity contribution in [1.82, 2.24) is 0 Å². The lowest BCUT2D eigenvalue weighted by atomic mass is 9.86. The van der Waals surface area contributed by atoms with Gasteiger partial charge >= 0.3 is 0 Å². The highest BCUT2D eigenvalue weighted by molar-refractivity contribution is 5.40. The Morgan fingerprint density at radius 1 is 1.42 bits per heavy atom. The first kappa shape index (κ1) is 15.3. The van der Waals surface area contributed by atoms with Gasteiger partial charge in [0.2, 0.25) is 0 Å². The molecule has 0 aliphatic heterocycles. The van der Waals surface area contributed by atoms with Gasteiger partial charge in [0, 0.05) is 11.6 Å². The lowest BCUT2D eigenvalue weighted by molar-refractivity contribution is -0.385. The van der Waals surface area contributed by atoms with Crippen molar-refractivity contribution in [3.05, 3.63) is 39.4 Å². The van der Waals surface area contributed by atoms with E-state index in [9.17, 15) is 27.7 Å². The van der Waals surface area contributed by atoms with Gasteiger partial charge in [-0.05, 0) is 6.92 Å². The Hall–Kier alpha value is -1.74. The number of rotatable bonds is 4. The molecule has 0 saturated carbocycles. The van der Waals surface area contributed by atoms with Crippen LogP contribution < -0.4 is 5.73 Å². The topological polar surface area (TPSA) is 89.4 Å². The molecule has 1 aromatic rings. The molecule has 0 unspecified atom stereocenters. The summed E-state index contributed by atoms with van der Waals surface area (Å²) in [7, 11) is 0. The first-order valence-electron chi connectivity index (χ1n) is 4.96. The molecule has 19 heavy (non-hydrogen) atoms. The van der Waals surface area contributed by atoms with Crippen molar-refractivity contribution in [2.24, 2.45) is 5.73 Å². The van der Waals surface area contributed by atoms with Gasteiger partial charge in [0.15, 0.2) is 11.6 Å². The van der Waals surface area contributed by atoms with Gasteiger partial charge < -0.3 is 10.8 Å². The van der Waals surface area contributed by atoms with Gasteiger partial charge in [-0.2, -0.15) is 0 Å². The van der Waals surface area contributed by atoms with E-state index >= 15 is 0 Å². The average Bonchev–Trinajstić information content (AvgIpc) is 2.31. The average molecular weight is 282 g/mol. The fourth-order valence-electron chi connectivity index (χ4n) is 1.42. The van der Waals surface area contributed by atoms with Crippen LogP contribution in [0, 0.1) is 21.7 Å². The SMILES string of the molecule is C[C@@](N)(c1cc([N+](=O)[O-])cc(F)c1F)C(F)(F)CO. The Bertz CT molecular complexity index is 520. The summed E-state index contributed by atoms with van der Waals surface area (Å²) in [6, 6.07) is 0.675. The first-order chi connectivity index (χ1) is 8.54. The molecule has 0 spiro atoms. The third kappa shape index (κ3) is 2.51. The Kier molecular flexibility index (Phi) is 3.82. The molecule has 0 fully saturated rings. The molecule has 1 aromatic carbocycles. The van der Waals surface area contributed by atoms with Crippen molar-refractivity contribution in [1.29, 1.82) is 0 Å². The number of aliphatic hydroxyl groups excluding tert-OH is 1. The summed E-state index contributed by atoms with van der Waals surface area (Å²) in [5, 5.41) is 19.1. The number of nitro benzene ring substituents is 1. The Morgan fingerprint density at radius 3 is 2.37 bits per heavy atom. The number of non-ortho nitro benzene ring substituents is 1. The van der Waals surface area contributed by atoms with Gasteiger partial charge in [-0.1, -0.05) is 0 Å². The van der Waals surface area contributed by atoms with Crippen molar-refractivity contribution in [2.45, 2.75) is 18.4 Å². The number of alkyl halides is 2. The molecule has 1 rings (SSSR count). The molecule has 5 nitrogen and oxygen atoms in total. The molecule has 1 atom stereocenters. The Labute approximate surface area is 104 Å². The van der Waals surface area contributed by atoms with Gasteiger partial charge in [-0.25, -0.2) is 17.6 Å². The van der Waals surface area contributed by atoms with Crippen molar-refractivity contribution >= 4 is 5.69 Å². The molecule has 0 aliphatic carbocycles. The van der Waals surface area contributed by atoms with E-state index in [2.05, 4.69) is 0 Å². The van der Waals surface area contributed by atoms with E-state index in [4.69, 9.17) is 10.8 Å². The van der Waals surface area contributed by atoms with E-state index in [-0.39, 0.29) is 6.07 Å². The summed E-state index contributed by atoms with van der Waals surface area (Å²) in [4.78, 5) is 9.43. The van der Waals surface area contributed by atoms with Crippen LogP contribution in [0.25, 0.3) is 0 Å². The predicted molar refractivity (Wildman–Crippen MR) is 56.6 cm³/mol. The molecule has 0 bridgehead atoms. The zero-order valence-electron chi connectivity index (χ0n) is 9.66. The van der Waals surface area contributed by atoms with Gasteiger partial charge in [0.1, 0.15) is 12.1 Å². The number of hydrogen-bond acceptors (Lipinski definition) is 4. The Balaban J connectivity index is 3.54. The zero-order chi connectivity index (χ0) is 15.0. The number of aliphatic hydroxyl groups is 1. The summed E-state index contributed by atoms with van der Waals surface area (Å²) in [5.41, 5.74) is 0.417. The third-order valence-corrected chi connectivity index (χ3v) is 2.74. The maximum Gasteiger partial charge on any atom is 0.292 e. The molecule has 106 valence electrons. The monoisotopic (exact) mass is 282 g/mol. The number of halogens is 4. The van der Waals surface area contributed by atoms with E-state index in [0.717, 1.165) is 0 Å². The summed E-state index contributed by atoms with van der Waals surface area (Å²) in [6.45, 7) is -1.07. The van der Waals surface area contributed by atoms with Crippen LogP contribution in [0.5, 0.6) is 0 Å². The van der Waals surface area contributed by atoms with E-state index in [0.29, 0.717) is 13.0 Å². The lowest BCUT2D eigenvalue weighted by Crippen LogP contribution is -2.53. The van der Waals surface area contributed by atoms with Crippen molar-refractivity contribution < 1.29 is 27.6 Å². The first-order valence-corrected chi connectivity index (χ1v) is 4.96. The number of nitro groups is 1. The normalized spacial score (nSPS) is 15.1. The molecule has 0 radical (unpaired) electrons. The summed E-state index contributed by atoms with van der Waals surface area (Å²) >= 11 is 0. The highest BCUT2D eigenvalue weighted by Crippen LogP contribution is 2.38. The Morgan fingerprint density at radius 2 is 1.95 bits per heavy atom. The van der Waals surface area contributed by atoms with Crippen LogP contribution >= 0.6 is 0 Å². The maximum atomic E-state index is 13.5. The van der Waals surface area contributed by atoms with Crippen molar-refractivity contribution in [2.75, 3.05) is 6.61 Å². The fourth-order valence-corrected chi connectivity index (χ4v) is 1.42. The van der Waals surface area contributed by atoms with Crippen LogP contribution in [-0.4, -0.2) is 22.6 Å². The summed E-state index contributed by atoms with van der Waals surface area (Å²) in [6.07, 6.45) is 0. The third-order valence-electron chi connectivity index (χ3n) is 2.74. The molecule has 0 aromatic heterocycles. The smallest absolute Gasteiger partial charge is 0.292 e. The van der Waals surface area contributed by atoms with E-state index in [1.54, 1.807) is 0 Å². The fraction of sp³-hybridized carbons (Fsp3) is 0.400. The van der Waals surface area contributed by atoms with Gasteiger partial charge in [-0.15, -0.1) is 0 Å².